The number of aliphatic imine (C=N–C) groups is 1. The van der Waals surface area contributed by atoms with Crippen LogP contribution in [-0.2, 0) is 5.41 Å². The maximum atomic E-state index is 4.34. The van der Waals surface area contributed by atoms with Gasteiger partial charge in [0.15, 0.2) is 5.96 Å². The molecular weight excluding hydrogens is 272 g/mol. The number of guanidine groups is 1. The molecule has 0 heterocycles. The maximum absolute atomic E-state index is 4.34. The summed E-state index contributed by atoms with van der Waals surface area (Å²) in [6, 6.07) is 10.8. The zero-order valence-electron chi connectivity index (χ0n) is 14.2. The summed E-state index contributed by atoms with van der Waals surface area (Å²) in [6.45, 7) is 9.54. The molecule has 1 saturated carbocycles. The van der Waals surface area contributed by atoms with Gasteiger partial charge >= 0.3 is 0 Å². The smallest absolute Gasteiger partial charge is 0.191 e. The molecule has 2 N–H and O–H groups in total. The summed E-state index contributed by atoms with van der Waals surface area (Å²) < 4.78 is 0. The summed E-state index contributed by atoms with van der Waals surface area (Å²) >= 11 is 0. The van der Waals surface area contributed by atoms with E-state index in [1.54, 1.807) is 0 Å². The summed E-state index contributed by atoms with van der Waals surface area (Å²) in [5, 5.41) is 6.92. The molecule has 4 nitrogen and oxygen atoms in total. The van der Waals surface area contributed by atoms with Crippen LogP contribution in [0.25, 0.3) is 0 Å². The van der Waals surface area contributed by atoms with Gasteiger partial charge in [0.2, 0.25) is 0 Å². The van der Waals surface area contributed by atoms with Crippen LogP contribution in [0.15, 0.2) is 35.3 Å². The molecule has 1 fully saturated rings. The number of hydrogen-bond donors (Lipinski definition) is 2. The van der Waals surface area contributed by atoms with E-state index in [2.05, 4.69) is 64.7 Å². The Morgan fingerprint density at radius 3 is 2.36 bits per heavy atom. The summed E-state index contributed by atoms with van der Waals surface area (Å²) in [7, 11) is 1.84. The van der Waals surface area contributed by atoms with Crippen molar-refractivity contribution in [3.63, 3.8) is 0 Å². The second kappa shape index (κ2) is 8.18. The first kappa shape index (κ1) is 16.8. The number of rotatable bonds is 8. The Bertz CT molecular complexity index is 461. The zero-order valence-corrected chi connectivity index (χ0v) is 14.2. The third-order valence-electron chi connectivity index (χ3n) is 4.67. The van der Waals surface area contributed by atoms with E-state index < -0.39 is 0 Å². The van der Waals surface area contributed by atoms with Gasteiger partial charge in [-0.25, -0.2) is 0 Å². The van der Waals surface area contributed by atoms with Crippen LogP contribution in [0.3, 0.4) is 0 Å². The lowest BCUT2D eigenvalue weighted by Gasteiger charge is -2.21. The lowest BCUT2D eigenvalue weighted by Crippen LogP contribution is -2.44. The van der Waals surface area contributed by atoms with E-state index in [9.17, 15) is 0 Å². The molecule has 0 amide bonds. The van der Waals surface area contributed by atoms with Crippen LogP contribution in [0.1, 0.15) is 32.3 Å². The number of likely N-dealkylation sites (N-methyl/N-ethyl adjacent to an activating group) is 1. The summed E-state index contributed by atoms with van der Waals surface area (Å²) in [5.41, 5.74) is 1.76. The average molecular weight is 302 g/mol. The molecule has 0 radical (unpaired) electrons. The van der Waals surface area contributed by atoms with Crippen molar-refractivity contribution in [3.8, 4) is 0 Å². The predicted octanol–water partition coefficient (Wildman–Crippen LogP) is 2.23. The van der Waals surface area contributed by atoms with Crippen LogP contribution in [-0.4, -0.2) is 50.6 Å². The fourth-order valence-corrected chi connectivity index (χ4v) is 2.86. The normalized spacial score (nSPS) is 16.6. The van der Waals surface area contributed by atoms with E-state index in [0.29, 0.717) is 5.41 Å². The summed E-state index contributed by atoms with van der Waals surface area (Å²) in [5.74, 6) is 0.911. The minimum atomic E-state index is 0.317. The van der Waals surface area contributed by atoms with Crippen molar-refractivity contribution in [2.45, 2.75) is 32.1 Å². The molecule has 0 unspecified atom stereocenters. The molecule has 2 rings (SSSR count). The van der Waals surface area contributed by atoms with E-state index in [1.807, 2.05) is 7.05 Å². The number of hydrogen-bond acceptors (Lipinski definition) is 2. The molecule has 4 heteroatoms. The minimum Gasteiger partial charge on any atom is -0.356 e. The Labute approximate surface area is 135 Å². The van der Waals surface area contributed by atoms with Crippen LogP contribution in [0, 0.1) is 0 Å². The van der Waals surface area contributed by atoms with Crippen LogP contribution in [0.5, 0.6) is 0 Å². The highest BCUT2D eigenvalue weighted by atomic mass is 15.2. The van der Waals surface area contributed by atoms with Gasteiger partial charge in [-0.2, -0.15) is 0 Å². The van der Waals surface area contributed by atoms with Gasteiger partial charge in [0, 0.05) is 32.1 Å². The van der Waals surface area contributed by atoms with E-state index >= 15 is 0 Å². The van der Waals surface area contributed by atoms with Gasteiger partial charge in [0.05, 0.1) is 0 Å². The Hall–Kier alpha value is -1.55. The molecule has 1 aromatic carbocycles. The first-order valence-corrected chi connectivity index (χ1v) is 8.46. The van der Waals surface area contributed by atoms with Crippen molar-refractivity contribution in [3.05, 3.63) is 35.9 Å². The van der Waals surface area contributed by atoms with Crippen molar-refractivity contribution in [2.24, 2.45) is 4.99 Å². The summed E-state index contributed by atoms with van der Waals surface area (Å²) in [6.07, 6.45) is 2.53. The van der Waals surface area contributed by atoms with Gasteiger partial charge in [-0.15, -0.1) is 0 Å². The van der Waals surface area contributed by atoms with E-state index in [4.69, 9.17) is 0 Å². The quantitative estimate of drug-likeness (QED) is 0.571. The summed E-state index contributed by atoms with van der Waals surface area (Å²) in [4.78, 5) is 6.75. The maximum Gasteiger partial charge on any atom is 0.191 e. The van der Waals surface area contributed by atoms with Gasteiger partial charge in [-0.3, -0.25) is 4.99 Å². The highest BCUT2D eigenvalue weighted by Gasteiger charge is 2.43. The standard InChI is InChI=1S/C18H30N4/c1-4-22(5-2)14-13-20-17(19-3)21-15-18(11-12-18)16-9-7-6-8-10-16/h6-10H,4-5,11-15H2,1-3H3,(H2,19,20,21). The molecule has 1 aliphatic rings. The molecular formula is C18H30N4. The Morgan fingerprint density at radius 1 is 1.14 bits per heavy atom. The molecule has 0 atom stereocenters. The van der Waals surface area contributed by atoms with Crippen LogP contribution < -0.4 is 10.6 Å². The zero-order chi connectivity index (χ0) is 15.8. The molecule has 1 aliphatic carbocycles. The van der Waals surface area contributed by atoms with Crippen molar-refractivity contribution < 1.29 is 0 Å². The lowest BCUT2D eigenvalue weighted by molar-refractivity contribution is 0.308. The molecule has 22 heavy (non-hydrogen) atoms. The highest BCUT2D eigenvalue weighted by Crippen LogP contribution is 2.47. The monoisotopic (exact) mass is 302 g/mol. The van der Waals surface area contributed by atoms with E-state index in [0.717, 1.165) is 38.7 Å². The van der Waals surface area contributed by atoms with Crippen LogP contribution in [0.2, 0.25) is 0 Å². The number of nitrogens with zero attached hydrogens (tertiary/aromatic N) is 2. The fourth-order valence-electron chi connectivity index (χ4n) is 2.86. The third kappa shape index (κ3) is 4.47. The number of benzene rings is 1. The van der Waals surface area contributed by atoms with Gasteiger partial charge in [-0.05, 0) is 31.5 Å². The largest absolute Gasteiger partial charge is 0.356 e. The van der Waals surface area contributed by atoms with E-state index in [1.165, 1.54) is 18.4 Å². The second-order valence-electron chi connectivity index (χ2n) is 6.03. The van der Waals surface area contributed by atoms with E-state index in [-0.39, 0.29) is 0 Å². The van der Waals surface area contributed by atoms with Crippen molar-refractivity contribution in [1.82, 2.24) is 15.5 Å². The first-order valence-electron chi connectivity index (χ1n) is 8.46. The first-order chi connectivity index (χ1) is 10.7. The van der Waals surface area contributed by atoms with Crippen molar-refractivity contribution in [2.75, 3.05) is 39.8 Å². The minimum absolute atomic E-state index is 0.317. The predicted molar refractivity (Wildman–Crippen MR) is 94.5 cm³/mol. The van der Waals surface area contributed by atoms with Crippen molar-refractivity contribution >= 4 is 5.96 Å². The molecule has 0 aromatic heterocycles. The average Bonchev–Trinajstić information content (AvgIpc) is 3.36. The molecule has 0 spiro atoms. The number of nitrogens with one attached hydrogen (secondary N) is 2. The Balaban J connectivity index is 1.77. The van der Waals surface area contributed by atoms with Gasteiger partial charge in [0.1, 0.15) is 0 Å². The molecule has 1 aromatic rings. The fraction of sp³-hybridized carbons (Fsp3) is 0.611. The molecule has 122 valence electrons. The SMILES string of the molecule is CCN(CC)CCNC(=NC)NCC1(c2ccccc2)CC1. The van der Waals surface area contributed by atoms with Crippen molar-refractivity contribution in [1.29, 1.82) is 0 Å². The van der Waals surface area contributed by atoms with Crippen LogP contribution in [0.4, 0.5) is 0 Å². The lowest BCUT2D eigenvalue weighted by atomic mass is 9.96. The highest BCUT2D eigenvalue weighted by molar-refractivity contribution is 5.79. The topological polar surface area (TPSA) is 39.7 Å². The second-order valence-corrected chi connectivity index (χ2v) is 6.03. The van der Waals surface area contributed by atoms with Gasteiger partial charge in [-0.1, -0.05) is 44.2 Å². The Kier molecular flexibility index (Phi) is 6.25. The molecule has 0 aliphatic heterocycles. The Morgan fingerprint density at radius 2 is 1.82 bits per heavy atom. The van der Waals surface area contributed by atoms with Crippen LogP contribution >= 0.6 is 0 Å². The van der Waals surface area contributed by atoms with Gasteiger partial charge < -0.3 is 15.5 Å². The van der Waals surface area contributed by atoms with Gasteiger partial charge in [0.25, 0.3) is 0 Å². The molecule has 0 saturated heterocycles. The molecule has 0 bridgehead atoms. The third-order valence-corrected chi connectivity index (χ3v) is 4.67.